The molecule has 2 atom stereocenters. The van der Waals surface area contributed by atoms with Gasteiger partial charge in [-0.2, -0.15) is 0 Å². The highest BCUT2D eigenvalue weighted by molar-refractivity contribution is 7.18. The van der Waals surface area contributed by atoms with E-state index in [-0.39, 0.29) is 5.75 Å². The lowest BCUT2D eigenvalue weighted by atomic mass is 9.95. The third kappa shape index (κ3) is 4.89. The molecule has 38 heavy (non-hydrogen) atoms. The van der Waals surface area contributed by atoms with Gasteiger partial charge in [0, 0.05) is 11.1 Å². The average molecular weight is 530 g/mol. The summed E-state index contributed by atoms with van der Waals surface area (Å²) in [5.41, 5.74) is 2.22. The summed E-state index contributed by atoms with van der Waals surface area (Å²) in [6, 6.07) is 26.0. The number of aliphatic hydroxyl groups excluding tert-OH is 2. The predicted molar refractivity (Wildman–Crippen MR) is 147 cm³/mol. The van der Waals surface area contributed by atoms with E-state index in [0.29, 0.717) is 38.9 Å². The highest BCUT2D eigenvalue weighted by atomic mass is 32.1. The number of fused-ring (bicyclic) bond motifs is 1. The zero-order valence-corrected chi connectivity index (χ0v) is 21.9. The molecule has 0 aliphatic carbocycles. The van der Waals surface area contributed by atoms with Crippen molar-refractivity contribution in [2.75, 3.05) is 21.3 Å². The second-order valence-corrected chi connectivity index (χ2v) is 9.53. The van der Waals surface area contributed by atoms with Crippen molar-refractivity contribution in [3.8, 4) is 28.7 Å². The van der Waals surface area contributed by atoms with Crippen LogP contribution >= 0.6 is 11.3 Å². The molecule has 0 bridgehead atoms. The van der Waals surface area contributed by atoms with Crippen LogP contribution in [0.1, 0.15) is 33.9 Å². The van der Waals surface area contributed by atoms with Crippen molar-refractivity contribution < 1.29 is 29.2 Å². The number of benzene rings is 4. The molecule has 0 fully saturated rings. The Morgan fingerprint density at radius 1 is 0.658 bits per heavy atom. The standard InChI is InChI=1S/C30H27NO6S/c1-34-27-21(25(32)18-13-15-20(16-14-18)37-19-9-5-4-6-10-19)17-22(28(35-2)29(27)36-3)26(33)30-31-23-11-7-8-12-24(23)38-30/h4-17,25-26,32-33H,1-3H3. The number of thiazole rings is 1. The molecule has 5 aromatic rings. The minimum Gasteiger partial charge on any atom is -0.492 e. The molecule has 0 aliphatic heterocycles. The van der Waals surface area contributed by atoms with E-state index < -0.39 is 12.2 Å². The molecule has 194 valence electrons. The topological polar surface area (TPSA) is 90.3 Å². The Kier molecular flexibility index (Phi) is 7.46. The molecular weight excluding hydrogens is 502 g/mol. The molecule has 5 rings (SSSR count). The van der Waals surface area contributed by atoms with Crippen molar-refractivity contribution in [1.29, 1.82) is 0 Å². The first kappa shape index (κ1) is 25.5. The van der Waals surface area contributed by atoms with Crippen LogP contribution < -0.4 is 18.9 Å². The summed E-state index contributed by atoms with van der Waals surface area (Å²) in [5.74, 6) is 2.24. The number of aliphatic hydroxyl groups is 2. The van der Waals surface area contributed by atoms with Gasteiger partial charge in [-0.05, 0) is 48.0 Å². The fraction of sp³-hybridized carbons (Fsp3) is 0.167. The predicted octanol–water partition coefficient (Wildman–Crippen LogP) is 6.28. The van der Waals surface area contributed by atoms with E-state index in [1.165, 1.54) is 32.7 Å². The van der Waals surface area contributed by atoms with Gasteiger partial charge in [-0.3, -0.25) is 0 Å². The van der Waals surface area contributed by atoms with Gasteiger partial charge in [0.15, 0.2) is 11.5 Å². The van der Waals surface area contributed by atoms with Gasteiger partial charge in [0.2, 0.25) is 5.75 Å². The molecule has 1 heterocycles. The van der Waals surface area contributed by atoms with Crippen LogP contribution in [-0.2, 0) is 0 Å². The van der Waals surface area contributed by atoms with Gasteiger partial charge in [0.1, 0.15) is 28.7 Å². The minimum absolute atomic E-state index is 0.269. The first-order valence-corrected chi connectivity index (χ1v) is 12.7. The first-order chi connectivity index (χ1) is 18.5. The molecule has 1 aromatic heterocycles. The van der Waals surface area contributed by atoms with Crippen molar-refractivity contribution >= 4 is 21.6 Å². The highest BCUT2D eigenvalue weighted by Crippen LogP contribution is 2.49. The van der Waals surface area contributed by atoms with E-state index in [1.807, 2.05) is 54.6 Å². The summed E-state index contributed by atoms with van der Waals surface area (Å²) in [4.78, 5) is 4.60. The Morgan fingerprint density at radius 3 is 1.87 bits per heavy atom. The SMILES string of the molecule is COc1c(C(O)c2ccc(Oc3ccccc3)cc2)cc(C(O)c2nc3ccccc3s2)c(OC)c1OC. The van der Waals surface area contributed by atoms with Crippen LogP contribution in [-0.4, -0.2) is 36.5 Å². The highest BCUT2D eigenvalue weighted by Gasteiger charge is 2.30. The number of para-hydroxylation sites is 2. The molecule has 0 saturated carbocycles. The van der Waals surface area contributed by atoms with Gasteiger partial charge in [-0.1, -0.05) is 42.5 Å². The lowest BCUT2D eigenvalue weighted by Gasteiger charge is -2.23. The van der Waals surface area contributed by atoms with Crippen molar-refractivity contribution in [2.45, 2.75) is 12.2 Å². The fourth-order valence-electron chi connectivity index (χ4n) is 4.34. The zero-order valence-electron chi connectivity index (χ0n) is 21.1. The van der Waals surface area contributed by atoms with E-state index in [0.717, 1.165) is 16.0 Å². The maximum Gasteiger partial charge on any atom is 0.204 e. The number of ether oxygens (including phenoxy) is 4. The molecular formula is C30H27NO6S. The van der Waals surface area contributed by atoms with E-state index in [4.69, 9.17) is 18.9 Å². The lowest BCUT2D eigenvalue weighted by Crippen LogP contribution is -2.10. The monoisotopic (exact) mass is 529 g/mol. The molecule has 4 aromatic carbocycles. The van der Waals surface area contributed by atoms with Crippen LogP contribution in [0.3, 0.4) is 0 Å². The molecule has 0 saturated heterocycles. The van der Waals surface area contributed by atoms with Gasteiger partial charge >= 0.3 is 0 Å². The van der Waals surface area contributed by atoms with Crippen LogP contribution in [0.15, 0.2) is 84.9 Å². The van der Waals surface area contributed by atoms with E-state index in [9.17, 15) is 10.2 Å². The Labute approximate surface area is 224 Å². The molecule has 0 aliphatic rings. The quantitative estimate of drug-likeness (QED) is 0.232. The van der Waals surface area contributed by atoms with Crippen molar-refractivity contribution in [3.63, 3.8) is 0 Å². The second kappa shape index (κ2) is 11.1. The van der Waals surface area contributed by atoms with E-state index in [1.54, 1.807) is 30.3 Å². The summed E-state index contributed by atoms with van der Waals surface area (Å²) in [6.45, 7) is 0. The lowest BCUT2D eigenvalue weighted by molar-refractivity contribution is 0.202. The number of hydrogen-bond acceptors (Lipinski definition) is 8. The van der Waals surface area contributed by atoms with Crippen molar-refractivity contribution in [3.05, 3.63) is 107 Å². The van der Waals surface area contributed by atoms with Gasteiger partial charge in [-0.15, -0.1) is 11.3 Å². The number of rotatable bonds is 9. The van der Waals surface area contributed by atoms with Crippen LogP contribution in [0.4, 0.5) is 0 Å². The number of aromatic nitrogens is 1. The maximum absolute atomic E-state index is 11.4. The molecule has 8 heteroatoms. The van der Waals surface area contributed by atoms with Crippen LogP contribution in [0.5, 0.6) is 28.7 Å². The summed E-state index contributed by atoms with van der Waals surface area (Å²) in [5, 5.41) is 23.4. The Balaban J connectivity index is 1.54. The van der Waals surface area contributed by atoms with Gasteiger partial charge < -0.3 is 29.2 Å². The molecule has 0 amide bonds. The Bertz CT molecular complexity index is 1500. The van der Waals surface area contributed by atoms with Crippen LogP contribution in [0.2, 0.25) is 0 Å². The van der Waals surface area contributed by atoms with Gasteiger partial charge in [-0.25, -0.2) is 4.98 Å². The minimum atomic E-state index is -1.12. The summed E-state index contributed by atoms with van der Waals surface area (Å²) >= 11 is 1.39. The zero-order chi connectivity index (χ0) is 26.6. The Morgan fingerprint density at radius 2 is 1.24 bits per heavy atom. The first-order valence-electron chi connectivity index (χ1n) is 11.9. The summed E-state index contributed by atoms with van der Waals surface area (Å²) in [7, 11) is 4.47. The second-order valence-electron chi connectivity index (χ2n) is 8.46. The van der Waals surface area contributed by atoms with Crippen LogP contribution in [0, 0.1) is 0 Å². The van der Waals surface area contributed by atoms with Crippen molar-refractivity contribution in [1.82, 2.24) is 4.98 Å². The smallest absolute Gasteiger partial charge is 0.204 e. The van der Waals surface area contributed by atoms with Gasteiger partial charge in [0.25, 0.3) is 0 Å². The molecule has 7 nitrogen and oxygen atoms in total. The average Bonchev–Trinajstić information content (AvgIpc) is 3.40. The number of hydrogen-bond donors (Lipinski definition) is 2. The van der Waals surface area contributed by atoms with Crippen molar-refractivity contribution in [2.24, 2.45) is 0 Å². The third-order valence-corrected chi connectivity index (χ3v) is 7.26. The third-order valence-electron chi connectivity index (χ3n) is 6.17. The summed E-state index contributed by atoms with van der Waals surface area (Å²) < 4.78 is 23.8. The normalized spacial score (nSPS) is 12.7. The maximum atomic E-state index is 11.4. The number of nitrogens with zero attached hydrogens (tertiary/aromatic N) is 1. The van der Waals surface area contributed by atoms with Crippen LogP contribution in [0.25, 0.3) is 10.2 Å². The number of methoxy groups -OCH3 is 3. The molecule has 2 N–H and O–H groups in total. The summed E-state index contributed by atoms with van der Waals surface area (Å²) in [6.07, 6.45) is -2.20. The van der Waals surface area contributed by atoms with E-state index in [2.05, 4.69) is 4.98 Å². The molecule has 2 unspecified atom stereocenters. The van der Waals surface area contributed by atoms with Gasteiger partial charge in [0.05, 0.1) is 31.5 Å². The largest absolute Gasteiger partial charge is 0.492 e. The molecule has 0 spiro atoms. The Hall–Kier alpha value is -4.11. The molecule has 0 radical (unpaired) electrons. The fourth-order valence-corrected chi connectivity index (χ4v) is 5.31. The van der Waals surface area contributed by atoms with E-state index >= 15 is 0 Å².